The number of ether oxygens (including phenoxy) is 2. The van der Waals surface area contributed by atoms with E-state index in [0.29, 0.717) is 26.7 Å². The number of hydrogen-bond donors (Lipinski definition) is 2. The molecule has 0 fully saturated rings. The van der Waals surface area contributed by atoms with Gasteiger partial charge in [0.1, 0.15) is 0 Å². The van der Waals surface area contributed by atoms with Crippen molar-refractivity contribution < 1.29 is 14.3 Å². The average Bonchev–Trinajstić information content (AvgIpc) is 2.92. The van der Waals surface area contributed by atoms with Crippen molar-refractivity contribution in [2.45, 2.75) is 16.5 Å². The SMILES string of the molecule is COc1ccc(NC(=O)C(C)Sc2nnc(N)s2)cc1OC. The highest BCUT2D eigenvalue weighted by Gasteiger charge is 2.17. The number of amides is 1. The quantitative estimate of drug-likeness (QED) is 0.778. The summed E-state index contributed by atoms with van der Waals surface area (Å²) in [6.45, 7) is 1.79. The molecule has 1 atom stereocenters. The maximum atomic E-state index is 12.2. The third-order valence-electron chi connectivity index (χ3n) is 2.72. The normalized spacial score (nSPS) is 11.8. The van der Waals surface area contributed by atoms with Crippen LogP contribution in [0.15, 0.2) is 22.5 Å². The van der Waals surface area contributed by atoms with E-state index >= 15 is 0 Å². The molecule has 1 aromatic carbocycles. The third-order valence-corrected chi connectivity index (χ3v) is 4.66. The molecule has 9 heteroatoms. The maximum Gasteiger partial charge on any atom is 0.237 e. The van der Waals surface area contributed by atoms with Gasteiger partial charge in [0.2, 0.25) is 11.0 Å². The van der Waals surface area contributed by atoms with E-state index in [1.165, 1.54) is 23.1 Å². The first-order valence-electron chi connectivity index (χ1n) is 6.32. The Morgan fingerprint density at radius 3 is 2.64 bits per heavy atom. The van der Waals surface area contributed by atoms with Crippen LogP contribution in [0.5, 0.6) is 11.5 Å². The molecule has 0 spiro atoms. The van der Waals surface area contributed by atoms with Crippen LogP contribution in [0.2, 0.25) is 0 Å². The Morgan fingerprint density at radius 1 is 1.32 bits per heavy atom. The monoisotopic (exact) mass is 340 g/mol. The number of carbonyl (C=O) groups excluding carboxylic acids is 1. The molecule has 22 heavy (non-hydrogen) atoms. The minimum atomic E-state index is -0.333. The Labute approximate surface area is 136 Å². The van der Waals surface area contributed by atoms with E-state index in [2.05, 4.69) is 15.5 Å². The highest BCUT2D eigenvalue weighted by Crippen LogP contribution is 2.31. The number of benzene rings is 1. The van der Waals surface area contributed by atoms with Crippen molar-refractivity contribution >= 4 is 39.8 Å². The van der Waals surface area contributed by atoms with Crippen LogP contribution in [0.3, 0.4) is 0 Å². The fourth-order valence-electron chi connectivity index (χ4n) is 1.63. The molecule has 0 aliphatic rings. The van der Waals surface area contributed by atoms with Crippen LogP contribution in [0.1, 0.15) is 6.92 Å². The maximum absolute atomic E-state index is 12.2. The van der Waals surface area contributed by atoms with Gasteiger partial charge in [-0.2, -0.15) is 0 Å². The van der Waals surface area contributed by atoms with Gasteiger partial charge in [-0.1, -0.05) is 23.1 Å². The Hall–Kier alpha value is -2.00. The molecule has 1 amide bonds. The zero-order valence-electron chi connectivity index (χ0n) is 12.3. The molecular weight excluding hydrogens is 324 g/mol. The van der Waals surface area contributed by atoms with E-state index in [0.717, 1.165) is 0 Å². The minimum absolute atomic E-state index is 0.147. The lowest BCUT2D eigenvalue weighted by Crippen LogP contribution is -2.22. The molecule has 1 aromatic heterocycles. The Morgan fingerprint density at radius 2 is 2.05 bits per heavy atom. The van der Waals surface area contributed by atoms with Crippen LogP contribution >= 0.6 is 23.1 Å². The summed E-state index contributed by atoms with van der Waals surface area (Å²) in [7, 11) is 3.10. The molecule has 3 N–H and O–H groups in total. The van der Waals surface area contributed by atoms with E-state index in [-0.39, 0.29) is 11.2 Å². The lowest BCUT2D eigenvalue weighted by molar-refractivity contribution is -0.115. The highest BCUT2D eigenvalue weighted by molar-refractivity contribution is 8.02. The van der Waals surface area contributed by atoms with Crippen molar-refractivity contribution in [2.75, 3.05) is 25.3 Å². The number of nitrogens with one attached hydrogen (secondary N) is 1. The molecule has 0 aliphatic carbocycles. The molecule has 1 unspecified atom stereocenters. The van der Waals surface area contributed by atoms with Crippen molar-refractivity contribution in [1.82, 2.24) is 10.2 Å². The van der Waals surface area contributed by atoms with Crippen molar-refractivity contribution in [3.8, 4) is 11.5 Å². The van der Waals surface area contributed by atoms with Crippen LogP contribution in [0.4, 0.5) is 10.8 Å². The van der Waals surface area contributed by atoms with E-state index < -0.39 is 0 Å². The standard InChI is InChI=1S/C13H16N4O3S2/c1-7(21-13-17-16-12(14)22-13)11(18)15-8-4-5-9(19-2)10(6-8)20-3/h4-7H,1-3H3,(H2,14,16)(H,15,18). The van der Waals surface area contributed by atoms with Crippen molar-refractivity contribution in [3.05, 3.63) is 18.2 Å². The number of carbonyl (C=O) groups is 1. The zero-order valence-corrected chi connectivity index (χ0v) is 14.0. The molecule has 2 rings (SSSR count). The number of nitrogens with zero attached hydrogens (tertiary/aromatic N) is 2. The Kier molecular flexibility index (Phi) is 5.45. The van der Waals surface area contributed by atoms with E-state index in [1.54, 1.807) is 39.3 Å². The summed E-state index contributed by atoms with van der Waals surface area (Å²) in [5, 5.41) is 10.5. The molecule has 7 nitrogen and oxygen atoms in total. The van der Waals surface area contributed by atoms with Gasteiger partial charge in [-0.05, 0) is 19.1 Å². The predicted molar refractivity (Wildman–Crippen MR) is 87.8 cm³/mol. The topological polar surface area (TPSA) is 99.4 Å². The first-order valence-corrected chi connectivity index (χ1v) is 8.01. The third kappa shape index (κ3) is 4.01. The zero-order chi connectivity index (χ0) is 16.1. The van der Waals surface area contributed by atoms with E-state index in [9.17, 15) is 4.79 Å². The minimum Gasteiger partial charge on any atom is -0.493 e. The predicted octanol–water partition coefficient (Wildman–Crippen LogP) is 2.26. The largest absolute Gasteiger partial charge is 0.493 e. The summed E-state index contributed by atoms with van der Waals surface area (Å²) in [5.74, 6) is 1.01. The number of thioether (sulfide) groups is 1. The summed E-state index contributed by atoms with van der Waals surface area (Å²) in [6, 6.07) is 5.19. The number of aromatic nitrogens is 2. The van der Waals surface area contributed by atoms with Gasteiger partial charge >= 0.3 is 0 Å². The van der Waals surface area contributed by atoms with Crippen molar-refractivity contribution in [1.29, 1.82) is 0 Å². The molecule has 2 aromatic rings. The van der Waals surface area contributed by atoms with Gasteiger partial charge in [0.05, 0.1) is 19.5 Å². The number of methoxy groups -OCH3 is 2. The van der Waals surface area contributed by atoms with E-state index in [1.807, 2.05) is 0 Å². The Balaban J connectivity index is 2.01. The van der Waals surface area contributed by atoms with E-state index in [4.69, 9.17) is 15.2 Å². The average molecular weight is 340 g/mol. The van der Waals surface area contributed by atoms with Gasteiger partial charge in [-0.25, -0.2) is 0 Å². The molecule has 0 saturated carbocycles. The van der Waals surface area contributed by atoms with Gasteiger partial charge in [0.25, 0.3) is 0 Å². The molecule has 0 aliphatic heterocycles. The van der Waals surface area contributed by atoms with Crippen molar-refractivity contribution in [2.24, 2.45) is 0 Å². The van der Waals surface area contributed by atoms with Gasteiger partial charge < -0.3 is 20.5 Å². The molecule has 0 radical (unpaired) electrons. The van der Waals surface area contributed by atoms with Gasteiger partial charge in [-0.3, -0.25) is 4.79 Å². The number of hydrogen-bond acceptors (Lipinski definition) is 8. The molecule has 0 bridgehead atoms. The summed E-state index contributed by atoms with van der Waals surface area (Å²) >= 11 is 2.56. The number of nitrogen functional groups attached to an aromatic ring is 1. The number of nitrogens with two attached hydrogens (primary N) is 1. The van der Waals surface area contributed by atoms with Crippen LogP contribution in [0, 0.1) is 0 Å². The second kappa shape index (κ2) is 7.32. The van der Waals surface area contributed by atoms with Gasteiger partial charge in [-0.15, -0.1) is 10.2 Å². The smallest absolute Gasteiger partial charge is 0.237 e. The molecular formula is C13H16N4O3S2. The van der Waals surface area contributed by atoms with Gasteiger partial charge in [0.15, 0.2) is 15.8 Å². The first kappa shape index (κ1) is 16.4. The van der Waals surface area contributed by atoms with Crippen LogP contribution in [-0.4, -0.2) is 35.6 Å². The Bertz CT molecular complexity index is 662. The number of rotatable bonds is 6. The molecule has 0 saturated heterocycles. The second-order valence-electron chi connectivity index (χ2n) is 4.23. The first-order chi connectivity index (χ1) is 10.5. The summed E-state index contributed by atoms with van der Waals surface area (Å²) in [5.41, 5.74) is 6.15. The fraction of sp³-hybridized carbons (Fsp3) is 0.308. The summed E-state index contributed by atoms with van der Waals surface area (Å²) in [6.07, 6.45) is 0. The summed E-state index contributed by atoms with van der Waals surface area (Å²) < 4.78 is 11.0. The number of anilines is 2. The van der Waals surface area contributed by atoms with Crippen LogP contribution in [-0.2, 0) is 4.79 Å². The summed E-state index contributed by atoms with van der Waals surface area (Å²) in [4.78, 5) is 12.2. The van der Waals surface area contributed by atoms with Crippen LogP contribution < -0.4 is 20.5 Å². The molecule has 118 valence electrons. The highest BCUT2D eigenvalue weighted by atomic mass is 32.2. The van der Waals surface area contributed by atoms with Crippen molar-refractivity contribution in [3.63, 3.8) is 0 Å². The van der Waals surface area contributed by atoms with Gasteiger partial charge in [0, 0.05) is 11.8 Å². The van der Waals surface area contributed by atoms with Crippen LogP contribution in [0.25, 0.3) is 0 Å². The fourth-order valence-corrected chi connectivity index (χ4v) is 3.41. The lowest BCUT2D eigenvalue weighted by atomic mass is 10.2. The second-order valence-corrected chi connectivity index (χ2v) is 6.82. The lowest BCUT2D eigenvalue weighted by Gasteiger charge is -2.12. The molecule has 1 heterocycles.